The normalized spacial score (nSPS) is 11.7. The highest BCUT2D eigenvalue weighted by atomic mass is 32.2. The van der Waals surface area contributed by atoms with Gasteiger partial charge in [0.15, 0.2) is 0 Å². The Bertz CT molecular complexity index is 809. The molecule has 24 heavy (non-hydrogen) atoms. The van der Waals surface area contributed by atoms with Gasteiger partial charge in [-0.3, -0.25) is 4.79 Å². The lowest BCUT2D eigenvalue weighted by Crippen LogP contribution is -2.39. The zero-order chi connectivity index (χ0) is 17.9. The molecule has 1 heterocycles. The molecule has 0 saturated carbocycles. The minimum Gasteiger partial charge on any atom is -0.464 e. The number of aryl methyl sites for hydroxylation is 2. The molecular weight excluding hydrogens is 328 g/mol. The van der Waals surface area contributed by atoms with Crippen LogP contribution in [0, 0.1) is 13.8 Å². The Morgan fingerprint density at radius 1 is 1.04 bits per heavy atom. The van der Waals surface area contributed by atoms with E-state index in [9.17, 15) is 13.2 Å². The summed E-state index contributed by atoms with van der Waals surface area (Å²) in [6.45, 7) is 3.78. The summed E-state index contributed by atoms with van der Waals surface area (Å²) in [6, 6.07) is 10.2. The van der Waals surface area contributed by atoms with Gasteiger partial charge in [0, 0.05) is 14.1 Å². The summed E-state index contributed by atoms with van der Waals surface area (Å²) >= 11 is 0. The molecule has 0 spiro atoms. The number of likely N-dealkylation sites (N-methyl/N-ethyl adjacent to an activating group) is 2. The summed E-state index contributed by atoms with van der Waals surface area (Å²) in [7, 11) is -0.672. The molecule has 0 saturated heterocycles. The van der Waals surface area contributed by atoms with Gasteiger partial charge in [0.2, 0.25) is 15.9 Å². The molecule has 7 heteroatoms. The molecule has 1 aromatic heterocycles. The van der Waals surface area contributed by atoms with Crippen LogP contribution in [0.2, 0.25) is 0 Å². The smallest absolute Gasteiger partial charge is 0.243 e. The van der Waals surface area contributed by atoms with E-state index < -0.39 is 10.0 Å². The number of carbonyl (C=O) groups excluding carboxylic acids is 1. The maximum Gasteiger partial charge on any atom is 0.243 e. The Balaban J connectivity index is 2.03. The lowest BCUT2D eigenvalue weighted by molar-refractivity contribution is -0.130. The fourth-order valence-corrected chi connectivity index (χ4v) is 3.30. The maximum absolute atomic E-state index is 12.5. The number of hydrogen-bond acceptors (Lipinski definition) is 4. The van der Waals surface area contributed by atoms with Gasteiger partial charge in [-0.05, 0) is 38.1 Å². The lowest BCUT2D eigenvalue weighted by Gasteiger charge is -2.21. The Morgan fingerprint density at radius 3 is 2.21 bits per heavy atom. The number of hydrogen-bond donors (Lipinski definition) is 0. The zero-order valence-electron chi connectivity index (χ0n) is 14.3. The monoisotopic (exact) mass is 350 g/mol. The summed E-state index contributed by atoms with van der Waals surface area (Å²) in [5, 5.41) is 0. The fraction of sp³-hybridized carbons (Fsp3) is 0.353. The van der Waals surface area contributed by atoms with E-state index in [0.29, 0.717) is 12.3 Å². The van der Waals surface area contributed by atoms with Crippen molar-refractivity contribution < 1.29 is 17.6 Å². The molecule has 130 valence electrons. The van der Waals surface area contributed by atoms with E-state index in [-0.39, 0.29) is 17.3 Å². The average molecular weight is 350 g/mol. The van der Waals surface area contributed by atoms with Crippen molar-refractivity contribution in [2.24, 2.45) is 0 Å². The number of amides is 1. The number of sulfonamides is 1. The molecule has 0 aliphatic rings. The van der Waals surface area contributed by atoms with Gasteiger partial charge < -0.3 is 9.32 Å². The van der Waals surface area contributed by atoms with E-state index in [2.05, 4.69) is 0 Å². The van der Waals surface area contributed by atoms with Crippen LogP contribution in [-0.2, 0) is 21.4 Å². The van der Waals surface area contributed by atoms with Crippen molar-refractivity contribution in [1.29, 1.82) is 0 Å². The molecule has 0 aliphatic heterocycles. The predicted molar refractivity (Wildman–Crippen MR) is 90.9 cm³/mol. The Hall–Kier alpha value is -2.12. The molecule has 0 unspecified atom stereocenters. The number of rotatable bonds is 6. The van der Waals surface area contributed by atoms with Crippen LogP contribution in [0.5, 0.6) is 0 Å². The first kappa shape index (κ1) is 18.2. The second-order valence-electron chi connectivity index (χ2n) is 5.84. The molecule has 2 rings (SSSR count). The van der Waals surface area contributed by atoms with Crippen molar-refractivity contribution in [3.05, 3.63) is 53.5 Å². The molecule has 0 atom stereocenters. The molecule has 0 fully saturated rings. The van der Waals surface area contributed by atoms with Crippen LogP contribution >= 0.6 is 0 Å². The standard InChI is InChI=1S/C17H22N2O4S/c1-13-5-9-16(10-6-13)24(21,22)19(4)12-17(20)18(3)11-15-8-7-14(2)23-15/h5-10H,11-12H2,1-4H3. The van der Waals surface area contributed by atoms with Gasteiger partial charge in [-0.15, -0.1) is 0 Å². The van der Waals surface area contributed by atoms with Crippen molar-refractivity contribution in [2.45, 2.75) is 25.3 Å². The van der Waals surface area contributed by atoms with Crippen LogP contribution in [-0.4, -0.2) is 44.2 Å². The Kier molecular flexibility index (Phi) is 5.46. The highest BCUT2D eigenvalue weighted by molar-refractivity contribution is 7.89. The lowest BCUT2D eigenvalue weighted by atomic mass is 10.2. The van der Waals surface area contributed by atoms with Crippen LogP contribution in [0.1, 0.15) is 17.1 Å². The highest BCUT2D eigenvalue weighted by Crippen LogP contribution is 2.15. The van der Waals surface area contributed by atoms with Gasteiger partial charge in [0.05, 0.1) is 18.0 Å². The second-order valence-corrected chi connectivity index (χ2v) is 7.88. The van der Waals surface area contributed by atoms with Gasteiger partial charge in [-0.2, -0.15) is 4.31 Å². The van der Waals surface area contributed by atoms with Crippen LogP contribution in [0.4, 0.5) is 0 Å². The molecule has 0 N–H and O–H groups in total. The first-order valence-electron chi connectivity index (χ1n) is 7.52. The summed E-state index contributed by atoms with van der Waals surface area (Å²) < 4.78 is 31.5. The Labute approximate surface area is 142 Å². The topological polar surface area (TPSA) is 70.8 Å². The van der Waals surface area contributed by atoms with Crippen LogP contribution < -0.4 is 0 Å². The third kappa shape index (κ3) is 4.24. The molecule has 6 nitrogen and oxygen atoms in total. The zero-order valence-corrected chi connectivity index (χ0v) is 15.1. The van der Waals surface area contributed by atoms with Crippen molar-refractivity contribution in [3.63, 3.8) is 0 Å². The number of benzene rings is 1. The van der Waals surface area contributed by atoms with Crippen molar-refractivity contribution in [1.82, 2.24) is 9.21 Å². The van der Waals surface area contributed by atoms with E-state index >= 15 is 0 Å². The van der Waals surface area contributed by atoms with Gasteiger partial charge >= 0.3 is 0 Å². The molecule has 1 amide bonds. The minimum absolute atomic E-state index is 0.174. The molecule has 0 radical (unpaired) electrons. The number of carbonyl (C=O) groups is 1. The van der Waals surface area contributed by atoms with Gasteiger partial charge in [0.25, 0.3) is 0 Å². The predicted octanol–water partition coefficient (Wildman–Crippen LogP) is 2.18. The van der Waals surface area contributed by atoms with E-state index in [1.165, 1.54) is 11.9 Å². The van der Waals surface area contributed by atoms with E-state index in [4.69, 9.17) is 4.42 Å². The summed E-state index contributed by atoms with van der Waals surface area (Å²) in [5.41, 5.74) is 0.973. The SMILES string of the molecule is Cc1ccc(S(=O)(=O)N(C)CC(=O)N(C)Cc2ccc(C)o2)cc1. The second kappa shape index (κ2) is 7.19. The third-order valence-corrected chi connectivity index (χ3v) is 5.52. The molecule has 0 aliphatic carbocycles. The van der Waals surface area contributed by atoms with E-state index in [1.54, 1.807) is 37.4 Å². The minimum atomic E-state index is -3.69. The van der Waals surface area contributed by atoms with Crippen LogP contribution in [0.15, 0.2) is 45.7 Å². The first-order valence-corrected chi connectivity index (χ1v) is 8.96. The van der Waals surface area contributed by atoms with Crippen LogP contribution in [0.3, 0.4) is 0 Å². The van der Waals surface area contributed by atoms with E-state index in [0.717, 1.165) is 15.6 Å². The quantitative estimate of drug-likeness (QED) is 0.800. The first-order chi connectivity index (χ1) is 11.2. The maximum atomic E-state index is 12.5. The molecular formula is C17H22N2O4S. The molecule has 1 aromatic carbocycles. The van der Waals surface area contributed by atoms with E-state index in [1.807, 2.05) is 19.9 Å². The van der Waals surface area contributed by atoms with Gasteiger partial charge in [0.1, 0.15) is 11.5 Å². The number of nitrogens with zero attached hydrogens (tertiary/aromatic N) is 2. The van der Waals surface area contributed by atoms with Crippen molar-refractivity contribution in [2.75, 3.05) is 20.6 Å². The van der Waals surface area contributed by atoms with Gasteiger partial charge in [-0.25, -0.2) is 8.42 Å². The van der Waals surface area contributed by atoms with Crippen LogP contribution in [0.25, 0.3) is 0 Å². The van der Waals surface area contributed by atoms with Crippen molar-refractivity contribution >= 4 is 15.9 Å². The third-order valence-electron chi connectivity index (χ3n) is 3.70. The average Bonchev–Trinajstić information content (AvgIpc) is 2.92. The molecule has 2 aromatic rings. The highest BCUT2D eigenvalue weighted by Gasteiger charge is 2.24. The van der Waals surface area contributed by atoms with Gasteiger partial charge in [-0.1, -0.05) is 17.7 Å². The summed E-state index contributed by atoms with van der Waals surface area (Å²) in [6.07, 6.45) is 0. The summed E-state index contributed by atoms with van der Waals surface area (Å²) in [4.78, 5) is 13.9. The molecule has 0 bridgehead atoms. The Morgan fingerprint density at radius 2 is 1.67 bits per heavy atom. The van der Waals surface area contributed by atoms with Crippen molar-refractivity contribution in [3.8, 4) is 0 Å². The number of furan rings is 1. The fourth-order valence-electron chi connectivity index (χ4n) is 2.18. The summed E-state index contributed by atoms with van der Waals surface area (Å²) in [5.74, 6) is 1.12. The largest absolute Gasteiger partial charge is 0.464 e.